The Morgan fingerprint density at radius 3 is 2.39 bits per heavy atom. The van der Waals surface area contributed by atoms with Gasteiger partial charge in [-0.25, -0.2) is 4.79 Å². The molecule has 0 bridgehead atoms. The highest BCUT2D eigenvalue weighted by molar-refractivity contribution is 5.94. The maximum absolute atomic E-state index is 12.3. The van der Waals surface area contributed by atoms with E-state index in [1.165, 1.54) is 19.3 Å². The summed E-state index contributed by atoms with van der Waals surface area (Å²) >= 11 is 0. The Kier molecular flexibility index (Phi) is 7.46. The summed E-state index contributed by atoms with van der Waals surface area (Å²) in [4.78, 5) is 12.3. The fourth-order valence-corrected chi connectivity index (χ4v) is 4.05. The smallest absolute Gasteiger partial charge is 0.336 e. The molecule has 170 valence electrons. The highest BCUT2D eigenvalue weighted by Gasteiger charge is 2.14. The molecule has 4 aromatic rings. The van der Waals surface area contributed by atoms with Gasteiger partial charge in [0, 0.05) is 17.5 Å². The second kappa shape index (κ2) is 10.9. The predicted octanol–water partition coefficient (Wildman–Crippen LogP) is 7.17. The van der Waals surface area contributed by atoms with E-state index in [-0.39, 0.29) is 5.63 Å². The van der Waals surface area contributed by atoms with Crippen molar-refractivity contribution in [2.24, 2.45) is 0 Å². The van der Waals surface area contributed by atoms with Crippen molar-refractivity contribution in [2.75, 3.05) is 7.11 Å². The van der Waals surface area contributed by atoms with Crippen LogP contribution in [-0.4, -0.2) is 7.11 Å². The minimum absolute atomic E-state index is 0.363. The topological polar surface area (TPSA) is 48.7 Å². The molecule has 4 rings (SSSR count). The molecule has 0 aliphatic heterocycles. The van der Waals surface area contributed by atoms with E-state index < -0.39 is 0 Å². The van der Waals surface area contributed by atoms with Crippen LogP contribution in [0.5, 0.6) is 11.5 Å². The number of hydrogen-bond donors (Lipinski definition) is 0. The Bertz CT molecular complexity index is 1240. The monoisotopic (exact) mass is 442 g/mol. The Morgan fingerprint density at radius 2 is 1.67 bits per heavy atom. The first-order chi connectivity index (χ1) is 16.2. The van der Waals surface area contributed by atoms with E-state index in [4.69, 9.17) is 13.9 Å². The molecular weight excluding hydrogens is 412 g/mol. The van der Waals surface area contributed by atoms with Crippen molar-refractivity contribution in [1.29, 1.82) is 0 Å². The highest BCUT2D eigenvalue weighted by atomic mass is 16.5. The molecular formula is C29H30O4. The van der Waals surface area contributed by atoms with E-state index in [1.807, 2.05) is 60.7 Å². The van der Waals surface area contributed by atoms with Gasteiger partial charge in [-0.3, -0.25) is 0 Å². The predicted molar refractivity (Wildman–Crippen MR) is 133 cm³/mol. The number of methoxy groups -OCH3 is 1. The van der Waals surface area contributed by atoms with Crippen molar-refractivity contribution in [1.82, 2.24) is 0 Å². The van der Waals surface area contributed by atoms with E-state index in [2.05, 4.69) is 13.0 Å². The van der Waals surface area contributed by atoms with Gasteiger partial charge in [0.25, 0.3) is 0 Å². The maximum atomic E-state index is 12.3. The van der Waals surface area contributed by atoms with Crippen molar-refractivity contribution in [3.05, 3.63) is 94.3 Å². The van der Waals surface area contributed by atoms with E-state index in [0.717, 1.165) is 52.0 Å². The third-order valence-corrected chi connectivity index (χ3v) is 5.86. The molecule has 4 nitrogen and oxygen atoms in total. The van der Waals surface area contributed by atoms with Crippen molar-refractivity contribution in [3.8, 4) is 22.6 Å². The van der Waals surface area contributed by atoms with Gasteiger partial charge in [0.15, 0.2) is 0 Å². The van der Waals surface area contributed by atoms with Crippen LogP contribution in [0.3, 0.4) is 0 Å². The van der Waals surface area contributed by atoms with Crippen LogP contribution >= 0.6 is 0 Å². The molecule has 33 heavy (non-hydrogen) atoms. The molecule has 4 heteroatoms. The molecule has 0 aliphatic carbocycles. The maximum Gasteiger partial charge on any atom is 0.336 e. The minimum Gasteiger partial charge on any atom is -0.497 e. The van der Waals surface area contributed by atoms with Gasteiger partial charge in [0.1, 0.15) is 23.7 Å². The van der Waals surface area contributed by atoms with Crippen LogP contribution in [0.2, 0.25) is 0 Å². The number of hydrogen-bond acceptors (Lipinski definition) is 4. The molecule has 0 fully saturated rings. The highest BCUT2D eigenvalue weighted by Crippen LogP contribution is 2.33. The van der Waals surface area contributed by atoms with Gasteiger partial charge in [-0.1, -0.05) is 68.7 Å². The molecule has 0 aliphatic rings. The lowest BCUT2D eigenvalue weighted by Gasteiger charge is -2.15. The van der Waals surface area contributed by atoms with Crippen molar-refractivity contribution < 1.29 is 13.9 Å². The summed E-state index contributed by atoms with van der Waals surface area (Å²) < 4.78 is 17.1. The lowest BCUT2D eigenvalue weighted by Crippen LogP contribution is -2.02. The third-order valence-electron chi connectivity index (χ3n) is 5.86. The molecule has 0 amide bonds. The van der Waals surface area contributed by atoms with Crippen LogP contribution in [0.25, 0.3) is 22.1 Å². The molecule has 0 radical (unpaired) electrons. The summed E-state index contributed by atoms with van der Waals surface area (Å²) in [7, 11) is 1.66. The lowest BCUT2D eigenvalue weighted by atomic mass is 9.98. The van der Waals surface area contributed by atoms with Crippen molar-refractivity contribution in [3.63, 3.8) is 0 Å². The fourth-order valence-electron chi connectivity index (χ4n) is 4.05. The standard InChI is InChI=1S/C29H30O4/c1-3-4-5-7-12-23-17-26-25(22-10-8-6-9-11-22)18-29(30)33-28(26)19-27(23)32-20-21-13-15-24(31-2)16-14-21/h6,8-11,13-19H,3-5,7,12,20H2,1-2H3. The van der Waals surface area contributed by atoms with Gasteiger partial charge in [-0.05, 0) is 53.3 Å². The lowest BCUT2D eigenvalue weighted by molar-refractivity contribution is 0.302. The summed E-state index contributed by atoms with van der Waals surface area (Å²) in [5.41, 5.74) is 4.25. The molecule has 0 atom stereocenters. The summed E-state index contributed by atoms with van der Waals surface area (Å²) in [6.07, 6.45) is 5.61. The van der Waals surface area contributed by atoms with Gasteiger partial charge in [-0.15, -0.1) is 0 Å². The fraction of sp³-hybridized carbons (Fsp3) is 0.276. The quantitative estimate of drug-likeness (QED) is 0.193. The van der Waals surface area contributed by atoms with Gasteiger partial charge in [0.05, 0.1) is 7.11 Å². The molecule has 0 spiro atoms. The largest absolute Gasteiger partial charge is 0.497 e. The number of ether oxygens (including phenoxy) is 2. The molecule has 0 unspecified atom stereocenters. The average Bonchev–Trinajstić information content (AvgIpc) is 2.85. The summed E-state index contributed by atoms with van der Waals surface area (Å²) in [6.45, 7) is 2.65. The number of fused-ring (bicyclic) bond motifs is 1. The van der Waals surface area contributed by atoms with Gasteiger partial charge in [0.2, 0.25) is 0 Å². The number of benzene rings is 3. The van der Waals surface area contributed by atoms with Crippen LogP contribution < -0.4 is 15.1 Å². The molecule has 1 aromatic heterocycles. The Morgan fingerprint density at radius 1 is 0.879 bits per heavy atom. The van der Waals surface area contributed by atoms with E-state index in [0.29, 0.717) is 12.2 Å². The van der Waals surface area contributed by atoms with E-state index in [9.17, 15) is 4.79 Å². The molecule has 1 heterocycles. The zero-order valence-corrected chi connectivity index (χ0v) is 19.3. The minimum atomic E-state index is -0.363. The first-order valence-corrected chi connectivity index (χ1v) is 11.6. The number of aryl methyl sites for hydroxylation is 1. The first-order valence-electron chi connectivity index (χ1n) is 11.6. The van der Waals surface area contributed by atoms with Gasteiger partial charge < -0.3 is 13.9 Å². The van der Waals surface area contributed by atoms with Crippen LogP contribution in [0.4, 0.5) is 0 Å². The second-order valence-electron chi connectivity index (χ2n) is 8.25. The molecule has 0 saturated carbocycles. The van der Waals surface area contributed by atoms with Crippen molar-refractivity contribution in [2.45, 2.75) is 45.6 Å². The molecule has 0 N–H and O–H groups in total. The van der Waals surface area contributed by atoms with Crippen LogP contribution in [0.1, 0.15) is 43.7 Å². The van der Waals surface area contributed by atoms with Crippen LogP contribution in [0, 0.1) is 0 Å². The number of rotatable bonds is 10. The van der Waals surface area contributed by atoms with E-state index >= 15 is 0 Å². The normalized spacial score (nSPS) is 11.0. The first kappa shape index (κ1) is 22.7. The molecule has 0 saturated heterocycles. The zero-order chi connectivity index (χ0) is 23.0. The zero-order valence-electron chi connectivity index (χ0n) is 19.3. The third kappa shape index (κ3) is 5.64. The van der Waals surface area contributed by atoms with E-state index in [1.54, 1.807) is 13.2 Å². The summed E-state index contributed by atoms with van der Waals surface area (Å²) in [5, 5.41) is 0.933. The Labute approximate surface area is 194 Å². The average molecular weight is 443 g/mol. The summed E-state index contributed by atoms with van der Waals surface area (Å²) in [6, 6.07) is 23.4. The van der Waals surface area contributed by atoms with Gasteiger partial charge >= 0.3 is 5.63 Å². The Hall–Kier alpha value is -3.53. The number of unbranched alkanes of at least 4 members (excludes halogenated alkanes) is 3. The van der Waals surface area contributed by atoms with Crippen LogP contribution in [0.15, 0.2) is 82.0 Å². The SMILES string of the molecule is CCCCCCc1cc2c(-c3ccccc3)cc(=O)oc2cc1OCc1ccc(OC)cc1. The van der Waals surface area contributed by atoms with Crippen molar-refractivity contribution >= 4 is 11.0 Å². The summed E-state index contributed by atoms with van der Waals surface area (Å²) in [5.74, 6) is 1.58. The Balaban J connectivity index is 1.70. The van der Waals surface area contributed by atoms with Gasteiger partial charge in [-0.2, -0.15) is 0 Å². The second-order valence-corrected chi connectivity index (χ2v) is 8.25. The van der Waals surface area contributed by atoms with Crippen LogP contribution in [-0.2, 0) is 13.0 Å². The molecule has 3 aromatic carbocycles.